The predicted octanol–water partition coefficient (Wildman–Crippen LogP) is 3.12. The van der Waals surface area contributed by atoms with Gasteiger partial charge in [-0.3, -0.25) is 0 Å². The molecule has 6 heteroatoms. The van der Waals surface area contributed by atoms with E-state index in [4.69, 9.17) is 21.1 Å². The number of ether oxygens (including phenoxy) is 2. The Hall–Kier alpha value is -1.63. The minimum absolute atomic E-state index is 0.203. The second-order valence-electron chi connectivity index (χ2n) is 7.21. The van der Waals surface area contributed by atoms with Gasteiger partial charge in [-0.25, -0.2) is 0 Å². The lowest BCUT2D eigenvalue weighted by Gasteiger charge is -2.42. The highest BCUT2D eigenvalue weighted by molar-refractivity contribution is 6.31. The zero-order valence-electron chi connectivity index (χ0n) is 16.1. The SMILES string of the molecule is CC[C@H]1[C@H](O)[C@@H](O)[C@H](c2ccc(Cl)c(Cc3ccc(OC)cc3)c2)O[C@@H]1CO. The van der Waals surface area contributed by atoms with E-state index >= 15 is 0 Å². The van der Waals surface area contributed by atoms with Gasteiger partial charge in [0.25, 0.3) is 0 Å². The number of halogens is 1. The minimum atomic E-state index is -1.07. The first-order chi connectivity index (χ1) is 13.5. The van der Waals surface area contributed by atoms with Crippen molar-refractivity contribution < 1.29 is 24.8 Å². The van der Waals surface area contributed by atoms with Crippen LogP contribution in [-0.4, -0.2) is 47.3 Å². The number of benzene rings is 2. The highest BCUT2D eigenvalue weighted by Gasteiger charge is 2.43. The summed E-state index contributed by atoms with van der Waals surface area (Å²) in [7, 11) is 1.63. The third kappa shape index (κ3) is 4.34. The number of aliphatic hydroxyl groups is 3. The maximum Gasteiger partial charge on any atom is 0.118 e. The quantitative estimate of drug-likeness (QED) is 0.687. The van der Waals surface area contributed by atoms with Crippen molar-refractivity contribution in [3.05, 3.63) is 64.2 Å². The average Bonchev–Trinajstić information content (AvgIpc) is 2.72. The summed E-state index contributed by atoms with van der Waals surface area (Å²) in [6, 6.07) is 13.2. The Balaban J connectivity index is 1.85. The van der Waals surface area contributed by atoms with Gasteiger partial charge in [-0.1, -0.05) is 42.8 Å². The molecule has 3 N–H and O–H groups in total. The number of hydrogen-bond acceptors (Lipinski definition) is 5. The van der Waals surface area contributed by atoms with E-state index in [-0.39, 0.29) is 12.5 Å². The predicted molar refractivity (Wildman–Crippen MR) is 108 cm³/mol. The molecule has 152 valence electrons. The summed E-state index contributed by atoms with van der Waals surface area (Å²) in [6.45, 7) is 1.70. The molecule has 0 aromatic heterocycles. The van der Waals surface area contributed by atoms with Crippen LogP contribution >= 0.6 is 11.6 Å². The number of aliphatic hydroxyl groups excluding tert-OH is 3. The van der Waals surface area contributed by atoms with Crippen LogP contribution in [0.3, 0.4) is 0 Å². The Morgan fingerprint density at radius 2 is 1.79 bits per heavy atom. The van der Waals surface area contributed by atoms with Crippen LogP contribution < -0.4 is 4.74 Å². The molecule has 3 rings (SSSR count). The van der Waals surface area contributed by atoms with E-state index in [0.717, 1.165) is 22.4 Å². The average molecular weight is 407 g/mol. The van der Waals surface area contributed by atoms with Crippen molar-refractivity contribution in [2.45, 2.75) is 44.2 Å². The molecule has 5 atom stereocenters. The Morgan fingerprint density at radius 3 is 2.39 bits per heavy atom. The molecule has 0 radical (unpaired) electrons. The Bertz CT molecular complexity index is 777. The van der Waals surface area contributed by atoms with Gasteiger partial charge >= 0.3 is 0 Å². The van der Waals surface area contributed by atoms with E-state index in [1.807, 2.05) is 37.3 Å². The van der Waals surface area contributed by atoms with Crippen LogP contribution in [0.4, 0.5) is 0 Å². The second kappa shape index (κ2) is 9.25. The van der Waals surface area contributed by atoms with Crippen molar-refractivity contribution in [1.29, 1.82) is 0 Å². The van der Waals surface area contributed by atoms with Gasteiger partial charge in [-0.05, 0) is 47.7 Å². The monoisotopic (exact) mass is 406 g/mol. The number of methoxy groups -OCH3 is 1. The molecular weight excluding hydrogens is 380 g/mol. The largest absolute Gasteiger partial charge is 0.497 e. The fraction of sp³-hybridized carbons (Fsp3) is 0.455. The molecule has 1 aliphatic rings. The lowest BCUT2D eigenvalue weighted by atomic mass is 9.83. The van der Waals surface area contributed by atoms with E-state index in [1.165, 1.54) is 0 Å². The second-order valence-corrected chi connectivity index (χ2v) is 7.61. The van der Waals surface area contributed by atoms with Crippen LogP contribution in [0.5, 0.6) is 5.75 Å². The van der Waals surface area contributed by atoms with Crippen molar-refractivity contribution in [1.82, 2.24) is 0 Å². The lowest BCUT2D eigenvalue weighted by molar-refractivity contribution is -0.211. The fourth-order valence-electron chi connectivity index (χ4n) is 3.85. The van der Waals surface area contributed by atoms with Crippen molar-refractivity contribution in [3.63, 3.8) is 0 Å². The van der Waals surface area contributed by atoms with Crippen molar-refractivity contribution in [3.8, 4) is 5.75 Å². The van der Waals surface area contributed by atoms with Crippen molar-refractivity contribution in [2.75, 3.05) is 13.7 Å². The van der Waals surface area contributed by atoms with Crippen LogP contribution in [0, 0.1) is 5.92 Å². The third-order valence-electron chi connectivity index (χ3n) is 5.50. The maximum atomic E-state index is 10.6. The van der Waals surface area contributed by atoms with Gasteiger partial charge in [0.1, 0.15) is 18.0 Å². The van der Waals surface area contributed by atoms with Gasteiger partial charge in [0.15, 0.2) is 0 Å². The molecular formula is C22H27ClO5. The normalized spacial score (nSPS) is 27.6. The Labute approximate surface area is 170 Å². The van der Waals surface area contributed by atoms with E-state index in [9.17, 15) is 15.3 Å². The summed E-state index contributed by atoms with van der Waals surface area (Å²) < 4.78 is 11.2. The lowest BCUT2D eigenvalue weighted by Crippen LogP contribution is -2.51. The third-order valence-corrected chi connectivity index (χ3v) is 5.87. The smallest absolute Gasteiger partial charge is 0.118 e. The summed E-state index contributed by atoms with van der Waals surface area (Å²) in [5, 5.41) is 31.4. The molecule has 0 unspecified atom stereocenters. The molecule has 1 fully saturated rings. The highest BCUT2D eigenvalue weighted by atomic mass is 35.5. The zero-order chi connectivity index (χ0) is 20.3. The number of rotatable bonds is 6. The topological polar surface area (TPSA) is 79.2 Å². The first-order valence-corrected chi connectivity index (χ1v) is 9.90. The van der Waals surface area contributed by atoms with E-state index in [0.29, 0.717) is 17.9 Å². The molecule has 0 saturated carbocycles. The van der Waals surface area contributed by atoms with Gasteiger partial charge in [0.2, 0.25) is 0 Å². The standard InChI is InChI=1S/C22H27ClO5/c1-3-17-19(12-24)28-22(21(26)20(17)25)14-6-9-18(23)15(11-14)10-13-4-7-16(27-2)8-5-13/h4-9,11,17,19-22,24-26H,3,10,12H2,1-2H3/t17-,19-,20+,21-,22+/m1/s1. The molecule has 1 saturated heterocycles. The van der Waals surface area contributed by atoms with Gasteiger partial charge in [0, 0.05) is 10.9 Å². The molecule has 28 heavy (non-hydrogen) atoms. The van der Waals surface area contributed by atoms with E-state index in [1.54, 1.807) is 19.2 Å². The molecule has 0 bridgehead atoms. The number of hydrogen-bond donors (Lipinski definition) is 3. The van der Waals surface area contributed by atoms with Crippen LogP contribution in [-0.2, 0) is 11.2 Å². The molecule has 1 heterocycles. The summed E-state index contributed by atoms with van der Waals surface area (Å²) in [4.78, 5) is 0. The molecule has 0 spiro atoms. The van der Waals surface area contributed by atoms with Gasteiger partial charge < -0.3 is 24.8 Å². The summed E-state index contributed by atoms with van der Waals surface area (Å²) in [5.74, 6) is 0.485. The molecule has 0 aliphatic carbocycles. The molecule has 5 nitrogen and oxygen atoms in total. The van der Waals surface area contributed by atoms with Crippen molar-refractivity contribution >= 4 is 11.6 Å². The molecule has 2 aromatic rings. The summed E-state index contributed by atoms with van der Waals surface area (Å²) in [6.07, 6.45) is -2.04. The minimum Gasteiger partial charge on any atom is -0.497 e. The molecule has 1 aliphatic heterocycles. The Morgan fingerprint density at radius 1 is 1.07 bits per heavy atom. The first-order valence-electron chi connectivity index (χ1n) is 9.52. The van der Waals surface area contributed by atoms with Crippen LogP contribution in [0.1, 0.15) is 36.1 Å². The van der Waals surface area contributed by atoms with Crippen LogP contribution in [0.15, 0.2) is 42.5 Å². The summed E-state index contributed by atoms with van der Waals surface area (Å²) in [5.41, 5.74) is 2.70. The van der Waals surface area contributed by atoms with Crippen LogP contribution in [0.25, 0.3) is 0 Å². The zero-order valence-corrected chi connectivity index (χ0v) is 16.8. The van der Waals surface area contributed by atoms with E-state index in [2.05, 4.69) is 0 Å². The Kier molecular flexibility index (Phi) is 6.96. The first kappa shape index (κ1) is 21.1. The van der Waals surface area contributed by atoms with Crippen LogP contribution in [0.2, 0.25) is 5.02 Å². The van der Waals surface area contributed by atoms with Gasteiger partial charge in [-0.15, -0.1) is 0 Å². The molecule has 2 aromatic carbocycles. The fourth-order valence-corrected chi connectivity index (χ4v) is 4.04. The molecule has 0 amide bonds. The van der Waals surface area contributed by atoms with Crippen molar-refractivity contribution in [2.24, 2.45) is 5.92 Å². The summed E-state index contributed by atoms with van der Waals surface area (Å²) >= 11 is 6.39. The van der Waals surface area contributed by atoms with E-state index < -0.39 is 24.4 Å². The van der Waals surface area contributed by atoms with Gasteiger partial charge in [0.05, 0.1) is 25.9 Å². The van der Waals surface area contributed by atoms with Gasteiger partial charge in [-0.2, -0.15) is 0 Å². The highest BCUT2D eigenvalue weighted by Crippen LogP contribution is 2.37. The maximum absolute atomic E-state index is 10.6.